The van der Waals surface area contributed by atoms with Gasteiger partial charge in [-0.2, -0.15) is 0 Å². The molecule has 1 N–H and O–H groups in total. The highest BCUT2D eigenvalue weighted by atomic mass is 32.2. The van der Waals surface area contributed by atoms with Crippen LogP contribution >= 0.6 is 0 Å². The Balaban J connectivity index is 2.34. The smallest absolute Gasteiger partial charge is 0.207 e. The van der Waals surface area contributed by atoms with Gasteiger partial charge in [-0.15, -0.1) is 0 Å². The van der Waals surface area contributed by atoms with Crippen molar-refractivity contribution in [1.82, 2.24) is 4.72 Å². The molecule has 0 spiro atoms. The van der Waals surface area contributed by atoms with Crippen LogP contribution in [0.3, 0.4) is 0 Å². The summed E-state index contributed by atoms with van der Waals surface area (Å²) < 4.78 is 41.1. The van der Waals surface area contributed by atoms with Crippen molar-refractivity contribution in [3.63, 3.8) is 0 Å². The van der Waals surface area contributed by atoms with E-state index in [1.807, 2.05) is 38.1 Å². The summed E-state index contributed by atoms with van der Waals surface area (Å²) in [6.45, 7) is 5.43. The molecule has 0 fully saturated rings. The van der Waals surface area contributed by atoms with Crippen molar-refractivity contribution >= 4 is 10.0 Å². The van der Waals surface area contributed by atoms with E-state index >= 15 is 0 Å². The average molecular weight is 321 g/mol. The zero-order valence-corrected chi connectivity index (χ0v) is 13.7. The molecule has 0 radical (unpaired) electrons. The van der Waals surface area contributed by atoms with E-state index in [1.54, 1.807) is 6.92 Å². The van der Waals surface area contributed by atoms with Gasteiger partial charge in [-0.25, -0.2) is 17.5 Å². The Kier molecular flexibility index (Phi) is 4.98. The maximum atomic E-state index is 13.3. The monoisotopic (exact) mass is 321 g/mol. The molecule has 0 heterocycles. The quantitative estimate of drug-likeness (QED) is 0.908. The first-order valence-corrected chi connectivity index (χ1v) is 8.67. The Morgan fingerprint density at radius 3 is 2.36 bits per heavy atom. The van der Waals surface area contributed by atoms with Crippen LogP contribution < -0.4 is 4.72 Å². The molecule has 0 amide bonds. The van der Waals surface area contributed by atoms with E-state index < -0.39 is 15.8 Å². The minimum absolute atomic E-state index is 0.0819. The van der Waals surface area contributed by atoms with E-state index in [0.717, 1.165) is 11.1 Å². The lowest BCUT2D eigenvalue weighted by molar-refractivity contribution is 0.548. The highest BCUT2D eigenvalue weighted by molar-refractivity contribution is 7.89. The Morgan fingerprint density at radius 1 is 1.09 bits per heavy atom. The third kappa shape index (κ3) is 3.54. The molecule has 5 heteroatoms. The number of halogens is 1. The summed E-state index contributed by atoms with van der Waals surface area (Å²) in [6.07, 6.45) is 0.629. The molecule has 2 aromatic carbocycles. The van der Waals surface area contributed by atoms with Crippen molar-refractivity contribution in [2.24, 2.45) is 0 Å². The molecular formula is C17H20FNO2S. The normalized spacial score (nSPS) is 13.1. The van der Waals surface area contributed by atoms with Crippen LogP contribution in [0.5, 0.6) is 0 Å². The molecule has 0 aliphatic heterocycles. The first-order valence-electron chi connectivity index (χ1n) is 7.19. The Hall–Kier alpha value is -1.72. The number of hydrogen-bond acceptors (Lipinski definition) is 2. The van der Waals surface area contributed by atoms with Crippen molar-refractivity contribution in [2.75, 3.05) is 0 Å². The second kappa shape index (κ2) is 6.58. The number of aryl methyl sites for hydroxylation is 2. The molecule has 0 unspecified atom stereocenters. The molecule has 0 saturated carbocycles. The topological polar surface area (TPSA) is 46.2 Å². The molecule has 2 aromatic rings. The van der Waals surface area contributed by atoms with Gasteiger partial charge < -0.3 is 0 Å². The molecular weight excluding hydrogens is 301 g/mol. The highest BCUT2D eigenvalue weighted by Crippen LogP contribution is 2.23. The third-order valence-electron chi connectivity index (χ3n) is 3.71. The first kappa shape index (κ1) is 16.6. The van der Waals surface area contributed by atoms with Crippen molar-refractivity contribution < 1.29 is 12.8 Å². The van der Waals surface area contributed by atoms with Gasteiger partial charge in [-0.05, 0) is 55.2 Å². The molecule has 0 aromatic heterocycles. The minimum Gasteiger partial charge on any atom is -0.207 e. The number of benzene rings is 2. The van der Waals surface area contributed by atoms with Crippen LogP contribution in [-0.4, -0.2) is 8.42 Å². The van der Waals surface area contributed by atoms with Gasteiger partial charge in [0.25, 0.3) is 0 Å². The summed E-state index contributed by atoms with van der Waals surface area (Å²) in [4.78, 5) is 0.0819. The van der Waals surface area contributed by atoms with Gasteiger partial charge in [0.2, 0.25) is 10.0 Å². The largest absolute Gasteiger partial charge is 0.241 e. The van der Waals surface area contributed by atoms with Crippen molar-refractivity contribution in [2.45, 2.75) is 38.1 Å². The van der Waals surface area contributed by atoms with Crippen molar-refractivity contribution in [3.8, 4) is 0 Å². The Morgan fingerprint density at radius 2 is 1.77 bits per heavy atom. The van der Waals surface area contributed by atoms with Crippen LogP contribution in [0.4, 0.5) is 4.39 Å². The second-order valence-corrected chi connectivity index (χ2v) is 7.06. The van der Waals surface area contributed by atoms with Crippen LogP contribution in [-0.2, 0) is 10.0 Å². The second-order valence-electron chi connectivity index (χ2n) is 5.35. The summed E-state index contributed by atoms with van der Waals surface area (Å²) >= 11 is 0. The summed E-state index contributed by atoms with van der Waals surface area (Å²) in [6, 6.07) is 11.2. The molecule has 0 saturated heterocycles. The molecule has 3 nitrogen and oxygen atoms in total. The fourth-order valence-corrected chi connectivity index (χ4v) is 3.77. The van der Waals surface area contributed by atoms with Gasteiger partial charge in [0.15, 0.2) is 0 Å². The lowest BCUT2D eigenvalue weighted by Gasteiger charge is -2.19. The van der Waals surface area contributed by atoms with Crippen LogP contribution in [0, 0.1) is 19.7 Å². The fraction of sp³-hybridized carbons (Fsp3) is 0.294. The van der Waals surface area contributed by atoms with Gasteiger partial charge in [0, 0.05) is 6.04 Å². The summed E-state index contributed by atoms with van der Waals surface area (Å²) in [5.41, 5.74) is 2.30. The molecule has 22 heavy (non-hydrogen) atoms. The van der Waals surface area contributed by atoms with Crippen LogP contribution in [0.1, 0.15) is 36.1 Å². The molecule has 0 aliphatic rings. The van der Waals surface area contributed by atoms with Crippen LogP contribution in [0.15, 0.2) is 47.4 Å². The van der Waals surface area contributed by atoms with Gasteiger partial charge in [-0.1, -0.05) is 31.2 Å². The Labute approximate surface area is 131 Å². The third-order valence-corrected chi connectivity index (χ3v) is 5.18. The maximum Gasteiger partial charge on any atom is 0.241 e. The van der Waals surface area contributed by atoms with Crippen molar-refractivity contribution in [3.05, 3.63) is 65.0 Å². The summed E-state index contributed by atoms with van der Waals surface area (Å²) in [5.74, 6) is -0.412. The maximum absolute atomic E-state index is 13.3. The number of rotatable bonds is 5. The molecule has 0 aliphatic carbocycles. The summed E-state index contributed by atoms with van der Waals surface area (Å²) in [5, 5.41) is 0. The van der Waals surface area contributed by atoms with E-state index in [4.69, 9.17) is 0 Å². The minimum atomic E-state index is -3.69. The number of sulfonamides is 1. The number of nitrogens with one attached hydrogen (secondary N) is 1. The van der Waals surface area contributed by atoms with Crippen LogP contribution in [0.25, 0.3) is 0 Å². The van der Waals surface area contributed by atoms with E-state index in [0.29, 0.717) is 12.0 Å². The first-order chi connectivity index (χ1) is 10.3. The molecule has 0 bridgehead atoms. The standard InChI is InChI=1S/C17H20FNO2S/c1-4-17(15-8-6-5-7-12(15)2)19-22(20,21)14-9-10-16(18)13(3)11-14/h5-11,17,19H,4H2,1-3H3/t17-/m0/s1. The number of hydrogen-bond donors (Lipinski definition) is 1. The zero-order valence-electron chi connectivity index (χ0n) is 12.9. The van der Waals surface area contributed by atoms with Crippen LogP contribution in [0.2, 0.25) is 0 Å². The van der Waals surface area contributed by atoms with E-state index in [2.05, 4.69) is 4.72 Å². The van der Waals surface area contributed by atoms with Crippen molar-refractivity contribution in [1.29, 1.82) is 0 Å². The predicted molar refractivity (Wildman–Crippen MR) is 85.7 cm³/mol. The van der Waals surface area contributed by atoms with E-state index in [1.165, 1.54) is 18.2 Å². The molecule has 2 rings (SSSR count). The zero-order chi connectivity index (χ0) is 16.3. The van der Waals surface area contributed by atoms with E-state index in [-0.39, 0.29) is 10.9 Å². The predicted octanol–water partition coefficient (Wildman–Crippen LogP) is 3.87. The lowest BCUT2D eigenvalue weighted by Crippen LogP contribution is -2.28. The SMILES string of the molecule is CC[C@H](NS(=O)(=O)c1ccc(F)c(C)c1)c1ccccc1C. The molecule has 1 atom stereocenters. The van der Waals surface area contributed by atoms with Gasteiger partial charge >= 0.3 is 0 Å². The Bertz CT molecular complexity index is 772. The highest BCUT2D eigenvalue weighted by Gasteiger charge is 2.21. The average Bonchev–Trinajstić information content (AvgIpc) is 2.48. The summed E-state index contributed by atoms with van der Waals surface area (Å²) in [7, 11) is -3.69. The van der Waals surface area contributed by atoms with Gasteiger partial charge in [-0.3, -0.25) is 0 Å². The molecule has 118 valence electrons. The van der Waals surface area contributed by atoms with Gasteiger partial charge in [0.1, 0.15) is 5.82 Å². The van der Waals surface area contributed by atoms with E-state index in [9.17, 15) is 12.8 Å². The van der Waals surface area contributed by atoms with Gasteiger partial charge in [0.05, 0.1) is 4.90 Å². The fourth-order valence-electron chi connectivity index (χ4n) is 2.38. The lowest BCUT2D eigenvalue weighted by atomic mass is 10.0.